The Hall–Kier alpha value is -0.610. The molecule has 4 nitrogen and oxygen atoms in total. The van der Waals surface area contributed by atoms with Crippen molar-refractivity contribution < 1.29 is 9.90 Å². The minimum atomic E-state index is 0.0831. The fourth-order valence-electron chi connectivity index (χ4n) is 3.05. The summed E-state index contributed by atoms with van der Waals surface area (Å²) in [5.41, 5.74) is 0. The van der Waals surface area contributed by atoms with Crippen molar-refractivity contribution in [2.45, 2.75) is 104 Å². The van der Waals surface area contributed by atoms with Gasteiger partial charge in [-0.25, -0.2) is 0 Å². The van der Waals surface area contributed by atoms with Gasteiger partial charge in [-0.3, -0.25) is 10.1 Å². The van der Waals surface area contributed by atoms with Gasteiger partial charge in [0.15, 0.2) is 0 Å². The van der Waals surface area contributed by atoms with Crippen LogP contribution in [0.1, 0.15) is 97.8 Å². The number of hydrogen-bond donors (Lipinski definition) is 2. The zero-order valence-corrected chi connectivity index (χ0v) is 16.5. The van der Waals surface area contributed by atoms with E-state index >= 15 is 0 Å². The minimum absolute atomic E-state index is 0.0831. The molecule has 1 unspecified atom stereocenters. The lowest BCUT2D eigenvalue weighted by Crippen LogP contribution is -2.47. The standard InChI is InChI=1S/C20H42N2O2/c1-4-6-7-8-9-10-11-12-13-16-20(24)22(5-2)19(3)21-17-14-15-18-23/h19,21,23H,4-18H2,1-3H3. The molecule has 0 aromatic carbocycles. The summed E-state index contributed by atoms with van der Waals surface area (Å²) in [7, 11) is 0. The van der Waals surface area contributed by atoms with E-state index in [-0.39, 0.29) is 18.7 Å². The van der Waals surface area contributed by atoms with Crippen molar-refractivity contribution in [2.24, 2.45) is 0 Å². The van der Waals surface area contributed by atoms with E-state index in [0.717, 1.165) is 32.4 Å². The number of carbonyl (C=O) groups excluding carboxylic acids is 1. The van der Waals surface area contributed by atoms with Crippen molar-refractivity contribution >= 4 is 5.91 Å². The Labute approximate surface area is 150 Å². The van der Waals surface area contributed by atoms with E-state index in [0.29, 0.717) is 6.42 Å². The van der Waals surface area contributed by atoms with Gasteiger partial charge in [-0.2, -0.15) is 0 Å². The fourth-order valence-corrected chi connectivity index (χ4v) is 3.05. The van der Waals surface area contributed by atoms with E-state index < -0.39 is 0 Å². The summed E-state index contributed by atoms with van der Waals surface area (Å²) in [6.45, 7) is 8.19. The Balaban J connectivity index is 3.70. The second-order valence-electron chi connectivity index (χ2n) is 6.82. The molecule has 0 aliphatic carbocycles. The summed E-state index contributed by atoms with van der Waals surface area (Å²) in [6, 6.07) is 0. The normalized spacial score (nSPS) is 12.3. The van der Waals surface area contributed by atoms with Gasteiger partial charge in [0.25, 0.3) is 0 Å². The number of unbranched alkanes of at least 4 members (excludes halogenated alkanes) is 9. The molecule has 0 rings (SSSR count). The second kappa shape index (κ2) is 17.2. The van der Waals surface area contributed by atoms with Crippen LogP contribution in [0.3, 0.4) is 0 Å². The number of aliphatic hydroxyl groups excluding tert-OH is 1. The monoisotopic (exact) mass is 342 g/mol. The third-order valence-corrected chi connectivity index (χ3v) is 4.65. The SMILES string of the molecule is CCCCCCCCCCCC(=O)N(CC)C(C)NCCCCO. The van der Waals surface area contributed by atoms with Gasteiger partial charge in [0.05, 0.1) is 6.17 Å². The van der Waals surface area contributed by atoms with Crippen LogP contribution in [0.2, 0.25) is 0 Å². The van der Waals surface area contributed by atoms with Crippen molar-refractivity contribution in [2.75, 3.05) is 19.7 Å². The number of carbonyl (C=O) groups is 1. The Morgan fingerprint density at radius 1 is 0.917 bits per heavy atom. The van der Waals surface area contributed by atoms with Gasteiger partial charge in [-0.05, 0) is 39.7 Å². The lowest BCUT2D eigenvalue weighted by atomic mass is 10.1. The van der Waals surface area contributed by atoms with Crippen LogP contribution in [0.5, 0.6) is 0 Å². The zero-order chi connectivity index (χ0) is 18.0. The number of rotatable bonds is 17. The topological polar surface area (TPSA) is 52.6 Å². The van der Waals surface area contributed by atoms with Gasteiger partial charge in [-0.1, -0.05) is 58.3 Å². The molecule has 0 bridgehead atoms. The molecular formula is C20H42N2O2. The number of nitrogens with zero attached hydrogens (tertiary/aromatic N) is 1. The van der Waals surface area contributed by atoms with Crippen LogP contribution < -0.4 is 5.32 Å². The first-order valence-corrected chi connectivity index (χ1v) is 10.3. The summed E-state index contributed by atoms with van der Waals surface area (Å²) >= 11 is 0. The van der Waals surface area contributed by atoms with Gasteiger partial charge in [0.1, 0.15) is 0 Å². The molecule has 0 saturated heterocycles. The molecule has 0 aromatic rings. The molecule has 0 saturated carbocycles. The average Bonchev–Trinajstić information content (AvgIpc) is 2.58. The average molecular weight is 343 g/mol. The van der Waals surface area contributed by atoms with E-state index in [1.807, 2.05) is 11.8 Å². The van der Waals surface area contributed by atoms with Crippen molar-refractivity contribution in [3.63, 3.8) is 0 Å². The molecule has 0 heterocycles. The van der Waals surface area contributed by atoms with Crippen LogP contribution >= 0.6 is 0 Å². The largest absolute Gasteiger partial charge is 0.396 e. The molecule has 0 spiro atoms. The van der Waals surface area contributed by atoms with Crippen molar-refractivity contribution in [3.05, 3.63) is 0 Å². The van der Waals surface area contributed by atoms with Crippen molar-refractivity contribution in [3.8, 4) is 0 Å². The highest BCUT2D eigenvalue weighted by Crippen LogP contribution is 2.11. The Morgan fingerprint density at radius 3 is 2.04 bits per heavy atom. The first-order valence-electron chi connectivity index (χ1n) is 10.3. The fraction of sp³-hybridized carbons (Fsp3) is 0.950. The molecule has 0 aliphatic rings. The molecule has 0 radical (unpaired) electrons. The molecule has 1 amide bonds. The van der Waals surface area contributed by atoms with E-state index in [9.17, 15) is 4.79 Å². The first-order chi connectivity index (χ1) is 11.7. The molecule has 24 heavy (non-hydrogen) atoms. The van der Waals surface area contributed by atoms with Gasteiger partial charge in [0, 0.05) is 19.6 Å². The van der Waals surface area contributed by atoms with Crippen molar-refractivity contribution in [1.29, 1.82) is 0 Å². The van der Waals surface area contributed by atoms with Gasteiger partial charge in [-0.15, -0.1) is 0 Å². The van der Waals surface area contributed by atoms with Crippen molar-refractivity contribution in [1.82, 2.24) is 10.2 Å². The van der Waals surface area contributed by atoms with Crippen LogP contribution in [0.4, 0.5) is 0 Å². The maximum Gasteiger partial charge on any atom is 0.223 e. The molecule has 2 N–H and O–H groups in total. The Kier molecular flexibility index (Phi) is 16.8. The quantitative estimate of drug-likeness (QED) is 0.303. The minimum Gasteiger partial charge on any atom is -0.396 e. The number of aliphatic hydroxyl groups is 1. The van der Waals surface area contributed by atoms with E-state index in [4.69, 9.17) is 5.11 Å². The third-order valence-electron chi connectivity index (χ3n) is 4.65. The predicted octanol–water partition coefficient (Wildman–Crippen LogP) is 4.46. The molecule has 0 aromatic heterocycles. The maximum absolute atomic E-state index is 12.4. The smallest absolute Gasteiger partial charge is 0.223 e. The number of hydrogen-bond acceptors (Lipinski definition) is 3. The third kappa shape index (κ3) is 12.8. The number of nitrogens with one attached hydrogen (secondary N) is 1. The summed E-state index contributed by atoms with van der Waals surface area (Å²) < 4.78 is 0. The lowest BCUT2D eigenvalue weighted by molar-refractivity contribution is -0.133. The predicted molar refractivity (Wildman–Crippen MR) is 103 cm³/mol. The highest BCUT2D eigenvalue weighted by Gasteiger charge is 2.17. The number of amides is 1. The maximum atomic E-state index is 12.4. The van der Waals surface area contributed by atoms with E-state index in [1.165, 1.54) is 51.4 Å². The molecule has 4 heteroatoms. The second-order valence-corrected chi connectivity index (χ2v) is 6.82. The molecule has 0 fully saturated rings. The molecule has 144 valence electrons. The van der Waals surface area contributed by atoms with Crippen LogP contribution in [0.15, 0.2) is 0 Å². The van der Waals surface area contributed by atoms with Crippen LogP contribution in [-0.2, 0) is 4.79 Å². The molecule has 1 atom stereocenters. The Bertz CT molecular complexity index is 285. The van der Waals surface area contributed by atoms with E-state index in [2.05, 4.69) is 19.2 Å². The highest BCUT2D eigenvalue weighted by atomic mass is 16.2. The summed E-state index contributed by atoms with van der Waals surface area (Å²) in [4.78, 5) is 14.3. The van der Waals surface area contributed by atoms with Crippen LogP contribution in [0.25, 0.3) is 0 Å². The summed E-state index contributed by atoms with van der Waals surface area (Å²) in [5, 5.41) is 12.2. The molecular weight excluding hydrogens is 300 g/mol. The zero-order valence-electron chi connectivity index (χ0n) is 16.5. The highest BCUT2D eigenvalue weighted by molar-refractivity contribution is 5.76. The van der Waals surface area contributed by atoms with Gasteiger partial charge >= 0.3 is 0 Å². The first kappa shape index (κ1) is 23.4. The van der Waals surface area contributed by atoms with Crippen LogP contribution in [0, 0.1) is 0 Å². The lowest BCUT2D eigenvalue weighted by Gasteiger charge is -2.29. The summed E-state index contributed by atoms with van der Waals surface area (Å²) in [5.74, 6) is 0.266. The van der Waals surface area contributed by atoms with Crippen LogP contribution in [-0.4, -0.2) is 41.8 Å². The van der Waals surface area contributed by atoms with Gasteiger partial charge < -0.3 is 10.0 Å². The summed E-state index contributed by atoms with van der Waals surface area (Å²) in [6.07, 6.45) is 14.1. The molecule has 0 aliphatic heterocycles. The van der Waals surface area contributed by atoms with E-state index in [1.54, 1.807) is 0 Å². The van der Waals surface area contributed by atoms with Gasteiger partial charge in [0.2, 0.25) is 5.91 Å². The Morgan fingerprint density at radius 2 is 1.50 bits per heavy atom.